The number of nitrogens with one attached hydrogen (secondary N) is 1. The van der Waals surface area contributed by atoms with Gasteiger partial charge < -0.3 is 15.0 Å². The molecule has 5 heteroatoms. The van der Waals surface area contributed by atoms with Crippen LogP contribution in [-0.4, -0.2) is 47.7 Å². The Labute approximate surface area is 128 Å². The van der Waals surface area contributed by atoms with Crippen molar-refractivity contribution in [3.8, 4) is 5.88 Å². The van der Waals surface area contributed by atoms with E-state index in [0.717, 1.165) is 68.4 Å². The van der Waals surface area contributed by atoms with Gasteiger partial charge in [-0.1, -0.05) is 6.92 Å². The smallest absolute Gasteiger partial charge is 0.222 e. The molecule has 0 atom stereocenters. The summed E-state index contributed by atoms with van der Waals surface area (Å²) in [6.07, 6.45) is 4.35. The molecule has 0 aromatic carbocycles. The van der Waals surface area contributed by atoms with Gasteiger partial charge in [-0.3, -0.25) is 0 Å². The lowest BCUT2D eigenvalue weighted by Gasteiger charge is -2.29. The average molecular weight is 292 g/mol. The molecule has 1 aromatic heterocycles. The minimum Gasteiger partial charge on any atom is -0.474 e. The van der Waals surface area contributed by atoms with Gasteiger partial charge in [0.05, 0.1) is 5.56 Å². The predicted octanol–water partition coefficient (Wildman–Crippen LogP) is 2.64. The number of likely N-dealkylation sites (tertiary alicyclic amines) is 1. The molecule has 2 rings (SSSR count). The summed E-state index contributed by atoms with van der Waals surface area (Å²) in [5.74, 6) is 2.56. The maximum atomic E-state index is 6.19. The minimum atomic E-state index is 0.277. The summed E-state index contributed by atoms with van der Waals surface area (Å²) in [6, 6.07) is 0. The molecular formula is C16H28N4O. The molecule has 1 aliphatic rings. The van der Waals surface area contributed by atoms with E-state index in [4.69, 9.17) is 4.74 Å². The van der Waals surface area contributed by atoms with Crippen molar-refractivity contribution in [1.82, 2.24) is 14.9 Å². The third-order valence-electron chi connectivity index (χ3n) is 3.91. The Morgan fingerprint density at radius 1 is 1.24 bits per heavy atom. The molecular weight excluding hydrogens is 264 g/mol. The van der Waals surface area contributed by atoms with Crippen molar-refractivity contribution in [2.24, 2.45) is 0 Å². The van der Waals surface area contributed by atoms with Gasteiger partial charge >= 0.3 is 0 Å². The number of anilines is 1. The fourth-order valence-corrected chi connectivity index (χ4v) is 2.59. The Balaban J connectivity index is 2.16. The Kier molecular flexibility index (Phi) is 5.79. The zero-order valence-corrected chi connectivity index (χ0v) is 13.8. The topological polar surface area (TPSA) is 50.3 Å². The van der Waals surface area contributed by atoms with Gasteiger partial charge in [0.1, 0.15) is 17.7 Å². The van der Waals surface area contributed by atoms with Crippen LogP contribution in [0.25, 0.3) is 0 Å². The van der Waals surface area contributed by atoms with Crippen molar-refractivity contribution in [2.75, 3.05) is 32.0 Å². The molecule has 1 fully saturated rings. The highest BCUT2D eigenvalue weighted by Crippen LogP contribution is 2.25. The van der Waals surface area contributed by atoms with Crippen LogP contribution in [0.5, 0.6) is 5.88 Å². The van der Waals surface area contributed by atoms with Gasteiger partial charge in [-0.05, 0) is 40.2 Å². The maximum Gasteiger partial charge on any atom is 0.222 e. The second-order valence-electron chi connectivity index (χ2n) is 5.82. The number of hydrogen-bond acceptors (Lipinski definition) is 5. The largest absolute Gasteiger partial charge is 0.474 e. The quantitative estimate of drug-likeness (QED) is 0.873. The Morgan fingerprint density at radius 3 is 2.57 bits per heavy atom. The van der Waals surface area contributed by atoms with Crippen LogP contribution >= 0.6 is 0 Å². The van der Waals surface area contributed by atoms with Crippen molar-refractivity contribution in [3.63, 3.8) is 0 Å². The highest BCUT2D eigenvalue weighted by atomic mass is 16.5. The standard InChI is InChI=1S/C16H28N4O/c1-5-7-14-18-15(17-6-2)12(3)16(19-14)21-13-8-10-20(4)11-9-13/h13H,5-11H2,1-4H3,(H,17,18,19). The molecule has 1 aromatic rings. The fraction of sp³-hybridized carbons (Fsp3) is 0.750. The van der Waals surface area contributed by atoms with Gasteiger partial charge in [0.25, 0.3) is 0 Å². The monoisotopic (exact) mass is 292 g/mol. The zero-order chi connectivity index (χ0) is 15.2. The van der Waals surface area contributed by atoms with Crippen LogP contribution in [0.4, 0.5) is 5.82 Å². The molecule has 118 valence electrons. The van der Waals surface area contributed by atoms with Crippen LogP contribution in [-0.2, 0) is 6.42 Å². The summed E-state index contributed by atoms with van der Waals surface area (Å²) in [6.45, 7) is 9.31. The highest BCUT2D eigenvalue weighted by molar-refractivity contribution is 5.48. The van der Waals surface area contributed by atoms with E-state index in [-0.39, 0.29) is 6.10 Å². The van der Waals surface area contributed by atoms with E-state index >= 15 is 0 Å². The molecule has 21 heavy (non-hydrogen) atoms. The lowest BCUT2D eigenvalue weighted by atomic mass is 10.1. The lowest BCUT2D eigenvalue weighted by molar-refractivity contribution is 0.109. The van der Waals surface area contributed by atoms with Crippen molar-refractivity contribution in [1.29, 1.82) is 0 Å². The number of piperidine rings is 1. The number of ether oxygens (including phenoxy) is 1. The Hall–Kier alpha value is -1.36. The van der Waals surface area contributed by atoms with Crippen molar-refractivity contribution in [2.45, 2.75) is 52.6 Å². The van der Waals surface area contributed by atoms with Crippen molar-refractivity contribution < 1.29 is 4.74 Å². The second kappa shape index (κ2) is 7.59. The predicted molar refractivity (Wildman–Crippen MR) is 86.1 cm³/mol. The van der Waals surface area contributed by atoms with Gasteiger partial charge in [-0.25, -0.2) is 4.98 Å². The van der Waals surface area contributed by atoms with Gasteiger partial charge in [0.15, 0.2) is 0 Å². The summed E-state index contributed by atoms with van der Waals surface area (Å²) < 4.78 is 6.19. The molecule has 1 saturated heterocycles. The molecule has 5 nitrogen and oxygen atoms in total. The number of hydrogen-bond donors (Lipinski definition) is 1. The van der Waals surface area contributed by atoms with E-state index in [1.165, 1.54) is 0 Å². The van der Waals surface area contributed by atoms with Gasteiger partial charge in [-0.2, -0.15) is 4.98 Å². The van der Waals surface area contributed by atoms with Gasteiger partial charge in [0.2, 0.25) is 5.88 Å². The molecule has 0 radical (unpaired) electrons. The van der Waals surface area contributed by atoms with Gasteiger partial charge in [-0.15, -0.1) is 0 Å². The third kappa shape index (κ3) is 4.30. The van der Waals surface area contributed by atoms with E-state index in [2.05, 4.69) is 41.1 Å². The van der Waals surface area contributed by atoms with Crippen LogP contribution < -0.4 is 10.1 Å². The third-order valence-corrected chi connectivity index (χ3v) is 3.91. The van der Waals surface area contributed by atoms with Gasteiger partial charge in [0, 0.05) is 26.1 Å². The summed E-state index contributed by atoms with van der Waals surface area (Å²) in [7, 11) is 2.16. The first kappa shape index (κ1) is 16.0. The first-order valence-corrected chi connectivity index (χ1v) is 8.10. The number of aryl methyl sites for hydroxylation is 1. The van der Waals surface area contributed by atoms with Crippen LogP contribution in [0.1, 0.15) is 44.5 Å². The normalized spacial score (nSPS) is 17.0. The van der Waals surface area contributed by atoms with E-state index in [1.807, 2.05) is 6.92 Å². The Bertz CT molecular complexity index is 456. The first-order valence-electron chi connectivity index (χ1n) is 8.10. The van der Waals surface area contributed by atoms with E-state index < -0.39 is 0 Å². The highest BCUT2D eigenvalue weighted by Gasteiger charge is 2.21. The SMILES string of the molecule is CCCc1nc(NCC)c(C)c(OC2CCN(C)CC2)n1. The zero-order valence-electron chi connectivity index (χ0n) is 13.8. The van der Waals surface area contributed by atoms with Crippen molar-refractivity contribution >= 4 is 5.82 Å². The van der Waals surface area contributed by atoms with Crippen LogP contribution in [0.2, 0.25) is 0 Å². The molecule has 0 aliphatic carbocycles. The maximum absolute atomic E-state index is 6.19. The molecule has 0 saturated carbocycles. The van der Waals surface area contributed by atoms with E-state index in [0.29, 0.717) is 0 Å². The summed E-state index contributed by atoms with van der Waals surface area (Å²) in [4.78, 5) is 11.6. The summed E-state index contributed by atoms with van der Waals surface area (Å²) >= 11 is 0. The lowest BCUT2D eigenvalue weighted by Crippen LogP contribution is -2.36. The molecule has 0 bridgehead atoms. The minimum absolute atomic E-state index is 0.277. The number of aromatic nitrogens is 2. The summed E-state index contributed by atoms with van der Waals surface area (Å²) in [5.41, 5.74) is 1.02. The molecule has 2 heterocycles. The first-order chi connectivity index (χ1) is 10.1. The van der Waals surface area contributed by atoms with Crippen LogP contribution in [0.3, 0.4) is 0 Å². The number of rotatable bonds is 6. The fourth-order valence-electron chi connectivity index (χ4n) is 2.59. The van der Waals surface area contributed by atoms with Crippen LogP contribution in [0.15, 0.2) is 0 Å². The average Bonchev–Trinajstić information content (AvgIpc) is 2.47. The van der Waals surface area contributed by atoms with Crippen molar-refractivity contribution in [3.05, 3.63) is 11.4 Å². The van der Waals surface area contributed by atoms with E-state index in [9.17, 15) is 0 Å². The molecule has 0 amide bonds. The summed E-state index contributed by atoms with van der Waals surface area (Å²) in [5, 5.41) is 3.32. The number of nitrogens with zero attached hydrogens (tertiary/aromatic N) is 3. The second-order valence-corrected chi connectivity index (χ2v) is 5.82. The van der Waals surface area contributed by atoms with Crippen LogP contribution in [0, 0.1) is 6.92 Å². The molecule has 1 N–H and O–H groups in total. The Morgan fingerprint density at radius 2 is 1.95 bits per heavy atom. The molecule has 0 spiro atoms. The molecule has 0 unspecified atom stereocenters. The van der Waals surface area contributed by atoms with E-state index in [1.54, 1.807) is 0 Å². The molecule has 1 aliphatic heterocycles.